The van der Waals surface area contributed by atoms with Crippen LogP contribution in [0.4, 0.5) is 8.78 Å². The van der Waals surface area contributed by atoms with Crippen molar-refractivity contribution >= 4 is 32.7 Å². The monoisotopic (exact) mass is 386 g/mol. The summed E-state index contributed by atoms with van der Waals surface area (Å²) in [5.74, 6) is -2.24. The van der Waals surface area contributed by atoms with Gasteiger partial charge in [-0.05, 0) is 30.5 Å². The number of benzene rings is 1. The summed E-state index contributed by atoms with van der Waals surface area (Å²) in [5, 5.41) is 2.71. The van der Waals surface area contributed by atoms with Crippen LogP contribution in [0.2, 0.25) is 0 Å². The average molecular weight is 386 g/mol. The van der Waals surface area contributed by atoms with Crippen LogP contribution in [0.25, 0.3) is 9.88 Å². The van der Waals surface area contributed by atoms with Crippen LogP contribution in [0.5, 0.6) is 0 Å². The lowest BCUT2D eigenvalue weighted by Gasteiger charge is -2.07. The Morgan fingerprint density at radius 2 is 1.88 bits per heavy atom. The number of thiophene rings is 1. The van der Waals surface area contributed by atoms with Crippen molar-refractivity contribution in [3.05, 3.63) is 57.9 Å². The van der Waals surface area contributed by atoms with E-state index in [9.17, 15) is 17.2 Å². The molecular weight excluding hydrogens is 374 g/mol. The van der Waals surface area contributed by atoms with Gasteiger partial charge in [0.15, 0.2) is 4.90 Å². The topological polar surface area (TPSA) is 59.1 Å². The highest BCUT2D eigenvalue weighted by molar-refractivity contribution is 7.89. The van der Waals surface area contributed by atoms with Gasteiger partial charge in [0.1, 0.15) is 16.6 Å². The summed E-state index contributed by atoms with van der Waals surface area (Å²) >= 11 is 2.88. The van der Waals surface area contributed by atoms with Crippen LogP contribution in [-0.4, -0.2) is 13.4 Å². The number of aryl methyl sites for hydroxylation is 1. The highest BCUT2D eigenvalue weighted by atomic mass is 32.2. The molecule has 24 heavy (non-hydrogen) atoms. The Morgan fingerprint density at radius 1 is 1.17 bits per heavy atom. The van der Waals surface area contributed by atoms with Gasteiger partial charge >= 0.3 is 0 Å². The second-order valence-electron chi connectivity index (χ2n) is 4.88. The molecule has 0 spiro atoms. The zero-order chi connectivity index (χ0) is 17.3. The highest BCUT2D eigenvalue weighted by Gasteiger charge is 2.24. The SMILES string of the molecule is Cc1nc(-c2cccs2)sc1CNS(=O)(=O)c1c(F)cccc1F. The van der Waals surface area contributed by atoms with Gasteiger partial charge in [-0.1, -0.05) is 12.1 Å². The van der Waals surface area contributed by atoms with Crippen LogP contribution in [0, 0.1) is 18.6 Å². The Bertz CT molecular complexity index is 947. The van der Waals surface area contributed by atoms with Crippen molar-refractivity contribution in [3.8, 4) is 9.88 Å². The Kier molecular flexibility index (Phi) is 4.77. The van der Waals surface area contributed by atoms with E-state index in [1.54, 1.807) is 6.92 Å². The smallest absolute Gasteiger partial charge is 0.240 e. The van der Waals surface area contributed by atoms with E-state index >= 15 is 0 Å². The van der Waals surface area contributed by atoms with E-state index in [0.717, 1.165) is 28.1 Å². The van der Waals surface area contributed by atoms with Crippen LogP contribution in [0.1, 0.15) is 10.6 Å². The Hall–Kier alpha value is -1.68. The van der Waals surface area contributed by atoms with E-state index in [0.29, 0.717) is 10.6 Å². The first-order chi connectivity index (χ1) is 11.4. The summed E-state index contributed by atoms with van der Waals surface area (Å²) in [6.07, 6.45) is 0. The summed E-state index contributed by atoms with van der Waals surface area (Å²) in [6.45, 7) is 1.69. The highest BCUT2D eigenvalue weighted by Crippen LogP contribution is 2.31. The molecule has 0 atom stereocenters. The lowest BCUT2D eigenvalue weighted by atomic mass is 10.3. The minimum absolute atomic E-state index is 0.0784. The third kappa shape index (κ3) is 3.39. The van der Waals surface area contributed by atoms with Crippen molar-refractivity contribution in [1.29, 1.82) is 0 Å². The van der Waals surface area contributed by atoms with Gasteiger partial charge < -0.3 is 0 Å². The summed E-state index contributed by atoms with van der Waals surface area (Å²) in [4.78, 5) is 5.12. The third-order valence-electron chi connectivity index (χ3n) is 3.24. The van der Waals surface area contributed by atoms with E-state index in [1.165, 1.54) is 22.7 Å². The maximum Gasteiger partial charge on any atom is 0.246 e. The van der Waals surface area contributed by atoms with Gasteiger partial charge in [0.2, 0.25) is 10.0 Å². The molecule has 0 radical (unpaired) electrons. The van der Waals surface area contributed by atoms with E-state index in [4.69, 9.17) is 0 Å². The molecule has 0 saturated heterocycles. The van der Waals surface area contributed by atoms with Crippen LogP contribution in [0.15, 0.2) is 40.6 Å². The van der Waals surface area contributed by atoms with Gasteiger partial charge in [-0.3, -0.25) is 0 Å². The maximum atomic E-state index is 13.7. The normalized spacial score (nSPS) is 11.8. The minimum atomic E-state index is -4.30. The molecule has 2 heterocycles. The Balaban J connectivity index is 1.83. The molecule has 4 nitrogen and oxygen atoms in total. The van der Waals surface area contributed by atoms with Crippen molar-refractivity contribution in [2.24, 2.45) is 0 Å². The molecule has 3 rings (SSSR count). The zero-order valence-electron chi connectivity index (χ0n) is 12.4. The fourth-order valence-electron chi connectivity index (χ4n) is 2.07. The van der Waals surface area contributed by atoms with Crippen molar-refractivity contribution in [2.75, 3.05) is 0 Å². The van der Waals surface area contributed by atoms with E-state index in [1.807, 2.05) is 17.5 Å². The molecule has 126 valence electrons. The fourth-order valence-corrected chi connectivity index (χ4v) is 5.09. The summed E-state index contributed by atoms with van der Waals surface area (Å²) in [5.41, 5.74) is 0.681. The maximum absolute atomic E-state index is 13.7. The predicted molar refractivity (Wildman–Crippen MR) is 90.5 cm³/mol. The molecule has 1 aromatic carbocycles. The molecule has 0 saturated carbocycles. The Morgan fingerprint density at radius 3 is 2.50 bits per heavy atom. The lowest BCUT2D eigenvalue weighted by Crippen LogP contribution is -2.25. The van der Waals surface area contributed by atoms with Crippen LogP contribution in [0.3, 0.4) is 0 Å². The van der Waals surface area contributed by atoms with Gasteiger partial charge in [0.25, 0.3) is 0 Å². The number of thiazole rings is 1. The number of nitrogens with zero attached hydrogens (tertiary/aromatic N) is 1. The molecule has 0 aliphatic rings. The van der Waals surface area contributed by atoms with Gasteiger partial charge in [-0.2, -0.15) is 0 Å². The third-order valence-corrected chi connectivity index (χ3v) is 6.88. The van der Waals surface area contributed by atoms with Gasteiger partial charge in [0.05, 0.1) is 10.6 Å². The average Bonchev–Trinajstić information content (AvgIpc) is 3.14. The van der Waals surface area contributed by atoms with Crippen LogP contribution >= 0.6 is 22.7 Å². The van der Waals surface area contributed by atoms with E-state index in [-0.39, 0.29) is 6.54 Å². The van der Waals surface area contributed by atoms with Gasteiger partial charge in [0, 0.05) is 11.4 Å². The van der Waals surface area contributed by atoms with Gasteiger partial charge in [-0.25, -0.2) is 26.9 Å². The fraction of sp³-hybridized carbons (Fsp3) is 0.133. The number of halogens is 2. The number of nitrogens with one attached hydrogen (secondary N) is 1. The van der Waals surface area contributed by atoms with Gasteiger partial charge in [-0.15, -0.1) is 22.7 Å². The van der Waals surface area contributed by atoms with Crippen molar-refractivity contribution in [3.63, 3.8) is 0 Å². The molecule has 0 aliphatic carbocycles. The summed E-state index contributed by atoms with van der Waals surface area (Å²) < 4.78 is 54.0. The molecular formula is C15H12F2N2O2S3. The zero-order valence-corrected chi connectivity index (χ0v) is 14.9. The number of hydrogen-bond donors (Lipinski definition) is 1. The molecule has 1 N–H and O–H groups in total. The molecule has 0 unspecified atom stereocenters. The summed E-state index contributed by atoms with van der Waals surface area (Å²) in [7, 11) is -4.30. The van der Waals surface area contributed by atoms with E-state index < -0.39 is 26.6 Å². The quantitative estimate of drug-likeness (QED) is 0.723. The van der Waals surface area contributed by atoms with E-state index in [2.05, 4.69) is 9.71 Å². The number of aromatic nitrogens is 1. The molecule has 0 amide bonds. The number of rotatable bonds is 5. The number of sulfonamides is 1. The molecule has 0 bridgehead atoms. The molecule has 3 aromatic rings. The second kappa shape index (κ2) is 6.67. The number of hydrogen-bond acceptors (Lipinski definition) is 5. The minimum Gasteiger partial charge on any atom is -0.240 e. The van der Waals surface area contributed by atoms with Crippen LogP contribution < -0.4 is 4.72 Å². The second-order valence-corrected chi connectivity index (χ2v) is 8.62. The van der Waals surface area contributed by atoms with Crippen molar-refractivity contribution in [1.82, 2.24) is 9.71 Å². The molecule has 9 heteroatoms. The van der Waals surface area contributed by atoms with Crippen molar-refractivity contribution < 1.29 is 17.2 Å². The molecule has 0 fully saturated rings. The molecule has 0 aliphatic heterocycles. The first-order valence-electron chi connectivity index (χ1n) is 6.82. The van der Waals surface area contributed by atoms with Crippen molar-refractivity contribution in [2.45, 2.75) is 18.4 Å². The predicted octanol–water partition coefficient (Wildman–Crippen LogP) is 3.94. The first-order valence-corrected chi connectivity index (χ1v) is 10.0. The standard InChI is InChI=1S/C15H12F2N2O2S3/c1-9-13(23-15(19-9)12-6-3-7-22-12)8-18-24(20,21)14-10(16)4-2-5-11(14)17/h2-7,18H,8H2,1H3. The Labute approximate surface area is 145 Å². The largest absolute Gasteiger partial charge is 0.246 e. The lowest BCUT2D eigenvalue weighted by molar-refractivity contribution is 0.514. The first kappa shape index (κ1) is 17.2. The molecule has 2 aromatic heterocycles. The summed E-state index contributed by atoms with van der Waals surface area (Å²) in [6, 6.07) is 6.75. The van der Waals surface area contributed by atoms with Crippen LogP contribution in [-0.2, 0) is 16.6 Å².